The third-order valence-electron chi connectivity index (χ3n) is 3.75. The van der Waals surface area contributed by atoms with Gasteiger partial charge >= 0.3 is 5.97 Å². The molecular formula is C18H18N2O4. The van der Waals surface area contributed by atoms with E-state index >= 15 is 0 Å². The molecule has 0 aliphatic heterocycles. The molecule has 24 heavy (non-hydrogen) atoms. The number of hydrogen-bond acceptors (Lipinski definition) is 5. The van der Waals surface area contributed by atoms with Crippen LogP contribution in [0.25, 0.3) is 0 Å². The summed E-state index contributed by atoms with van der Waals surface area (Å²) in [5.41, 5.74) is 6.99. The molecule has 0 radical (unpaired) electrons. The number of para-hydroxylation sites is 2. The summed E-state index contributed by atoms with van der Waals surface area (Å²) in [5, 5.41) is 2.77. The van der Waals surface area contributed by atoms with Crippen molar-refractivity contribution < 1.29 is 19.1 Å². The van der Waals surface area contributed by atoms with Crippen LogP contribution >= 0.6 is 0 Å². The Morgan fingerprint density at radius 3 is 2.58 bits per heavy atom. The number of methoxy groups -OCH3 is 1. The Balaban J connectivity index is 1.87. The highest BCUT2D eigenvalue weighted by molar-refractivity contribution is 6.02. The highest BCUT2D eigenvalue weighted by Crippen LogP contribution is 2.33. The lowest BCUT2D eigenvalue weighted by Crippen LogP contribution is -2.16. The number of amides is 1. The van der Waals surface area contributed by atoms with Gasteiger partial charge in [-0.05, 0) is 43.2 Å². The van der Waals surface area contributed by atoms with Gasteiger partial charge < -0.3 is 20.5 Å². The number of anilines is 2. The van der Waals surface area contributed by atoms with Crippen LogP contribution in [-0.2, 0) is 9.53 Å². The molecule has 6 heteroatoms. The van der Waals surface area contributed by atoms with Gasteiger partial charge in [0.25, 0.3) is 0 Å². The van der Waals surface area contributed by atoms with Crippen LogP contribution in [0.3, 0.4) is 0 Å². The molecule has 0 saturated heterocycles. The summed E-state index contributed by atoms with van der Waals surface area (Å²) in [6.45, 7) is 0. The van der Waals surface area contributed by atoms with E-state index in [0.29, 0.717) is 22.9 Å². The molecule has 124 valence electrons. The van der Waals surface area contributed by atoms with E-state index in [1.807, 2.05) is 0 Å². The number of esters is 1. The summed E-state index contributed by atoms with van der Waals surface area (Å²) in [7, 11) is 1.29. The summed E-state index contributed by atoms with van der Waals surface area (Å²) in [6, 6.07) is 11.9. The van der Waals surface area contributed by atoms with Gasteiger partial charge in [-0.3, -0.25) is 4.79 Å². The molecule has 0 heterocycles. The van der Waals surface area contributed by atoms with E-state index in [-0.39, 0.29) is 17.4 Å². The summed E-state index contributed by atoms with van der Waals surface area (Å²) < 4.78 is 10.5. The summed E-state index contributed by atoms with van der Waals surface area (Å²) in [4.78, 5) is 24.0. The van der Waals surface area contributed by atoms with Gasteiger partial charge in [-0.1, -0.05) is 12.1 Å². The lowest BCUT2D eigenvalue weighted by atomic mass is 10.1. The Hall–Kier alpha value is -3.02. The first-order valence-electron chi connectivity index (χ1n) is 7.64. The van der Waals surface area contributed by atoms with E-state index in [1.54, 1.807) is 36.4 Å². The molecule has 1 aliphatic carbocycles. The van der Waals surface area contributed by atoms with Crippen molar-refractivity contribution in [2.45, 2.75) is 12.8 Å². The minimum Gasteiger partial charge on any atom is -0.465 e. The van der Waals surface area contributed by atoms with Gasteiger partial charge in [0.15, 0.2) is 0 Å². The highest BCUT2D eigenvalue weighted by atomic mass is 16.5. The second-order valence-electron chi connectivity index (χ2n) is 5.60. The Bertz CT molecular complexity index is 784. The Labute approximate surface area is 139 Å². The summed E-state index contributed by atoms with van der Waals surface area (Å²) in [6.07, 6.45) is 1.77. The van der Waals surface area contributed by atoms with E-state index in [4.69, 9.17) is 15.2 Å². The van der Waals surface area contributed by atoms with Crippen molar-refractivity contribution in [3.63, 3.8) is 0 Å². The number of carbonyl (C=O) groups excluding carboxylic acids is 2. The second-order valence-corrected chi connectivity index (χ2v) is 5.60. The van der Waals surface area contributed by atoms with Crippen LogP contribution in [0.1, 0.15) is 23.2 Å². The van der Waals surface area contributed by atoms with Crippen molar-refractivity contribution in [2.75, 3.05) is 18.2 Å². The lowest BCUT2D eigenvalue weighted by molar-refractivity contribution is -0.117. The van der Waals surface area contributed by atoms with Crippen LogP contribution in [0.2, 0.25) is 0 Å². The molecule has 2 aromatic rings. The maximum Gasteiger partial charge on any atom is 0.340 e. The third-order valence-corrected chi connectivity index (χ3v) is 3.75. The quantitative estimate of drug-likeness (QED) is 0.650. The number of nitrogens with two attached hydrogens (primary N) is 1. The normalized spacial score (nSPS) is 13.2. The zero-order chi connectivity index (χ0) is 17.1. The average molecular weight is 326 g/mol. The zero-order valence-electron chi connectivity index (χ0n) is 13.2. The van der Waals surface area contributed by atoms with Crippen molar-refractivity contribution in [3.05, 3.63) is 48.0 Å². The maximum absolute atomic E-state index is 12.0. The molecular weight excluding hydrogens is 308 g/mol. The molecule has 6 nitrogen and oxygen atoms in total. The Morgan fingerprint density at radius 2 is 1.92 bits per heavy atom. The molecule has 0 aromatic heterocycles. The van der Waals surface area contributed by atoms with E-state index in [0.717, 1.165) is 12.8 Å². The molecule has 0 spiro atoms. The molecule has 3 rings (SSSR count). The number of hydrogen-bond donors (Lipinski definition) is 2. The minimum atomic E-state index is -0.549. The molecule has 0 atom stereocenters. The van der Waals surface area contributed by atoms with Crippen LogP contribution in [0.4, 0.5) is 11.4 Å². The van der Waals surface area contributed by atoms with Gasteiger partial charge in [-0.2, -0.15) is 0 Å². The smallest absolute Gasteiger partial charge is 0.340 e. The highest BCUT2D eigenvalue weighted by Gasteiger charge is 2.30. The van der Waals surface area contributed by atoms with Gasteiger partial charge in [-0.25, -0.2) is 4.79 Å². The number of nitrogens with one attached hydrogen (secondary N) is 1. The predicted molar refractivity (Wildman–Crippen MR) is 90.1 cm³/mol. The van der Waals surface area contributed by atoms with Crippen LogP contribution < -0.4 is 15.8 Å². The van der Waals surface area contributed by atoms with Crippen molar-refractivity contribution in [3.8, 4) is 11.5 Å². The molecule has 0 unspecified atom stereocenters. The SMILES string of the molecule is COC(=O)c1cc(Oc2ccccc2N)ccc1NC(=O)C1CC1. The van der Waals surface area contributed by atoms with Gasteiger partial charge in [0.1, 0.15) is 11.5 Å². The van der Waals surface area contributed by atoms with Crippen molar-refractivity contribution in [1.29, 1.82) is 0 Å². The van der Waals surface area contributed by atoms with Crippen molar-refractivity contribution in [1.82, 2.24) is 0 Å². The summed E-state index contributed by atoms with van der Waals surface area (Å²) >= 11 is 0. The predicted octanol–water partition coefficient (Wildman–Crippen LogP) is 3.20. The lowest BCUT2D eigenvalue weighted by Gasteiger charge is -2.13. The number of nitrogen functional groups attached to an aromatic ring is 1. The van der Waals surface area contributed by atoms with Crippen LogP contribution in [0.5, 0.6) is 11.5 Å². The first-order valence-corrected chi connectivity index (χ1v) is 7.64. The van der Waals surface area contributed by atoms with Crippen LogP contribution in [0.15, 0.2) is 42.5 Å². The number of benzene rings is 2. The molecule has 1 saturated carbocycles. The fraction of sp³-hybridized carbons (Fsp3) is 0.222. The van der Waals surface area contributed by atoms with Gasteiger partial charge in [-0.15, -0.1) is 0 Å². The van der Waals surface area contributed by atoms with E-state index in [2.05, 4.69) is 5.32 Å². The number of rotatable bonds is 5. The van der Waals surface area contributed by atoms with Gasteiger partial charge in [0, 0.05) is 5.92 Å². The number of carbonyl (C=O) groups is 2. The zero-order valence-corrected chi connectivity index (χ0v) is 13.2. The third kappa shape index (κ3) is 3.48. The molecule has 0 bridgehead atoms. The molecule has 2 aromatic carbocycles. The maximum atomic E-state index is 12.0. The Kier molecular flexibility index (Phi) is 4.37. The van der Waals surface area contributed by atoms with E-state index < -0.39 is 5.97 Å². The minimum absolute atomic E-state index is 0.0375. The topological polar surface area (TPSA) is 90.7 Å². The molecule has 3 N–H and O–H groups in total. The fourth-order valence-corrected chi connectivity index (χ4v) is 2.26. The first-order chi connectivity index (χ1) is 11.6. The molecule has 1 amide bonds. The van der Waals surface area contributed by atoms with Crippen LogP contribution in [-0.4, -0.2) is 19.0 Å². The standard InChI is InChI=1S/C18H18N2O4/c1-23-18(22)13-10-12(24-16-5-3-2-4-14(16)19)8-9-15(13)20-17(21)11-6-7-11/h2-5,8-11H,6-7,19H2,1H3,(H,20,21). The van der Waals surface area contributed by atoms with Crippen molar-refractivity contribution in [2.24, 2.45) is 5.92 Å². The first kappa shape index (κ1) is 15.9. The monoisotopic (exact) mass is 326 g/mol. The second kappa shape index (κ2) is 6.62. The van der Waals surface area contributed by atoms with Gasteiger partial charge in [0.2, 0.25) is 5.91 Å². The van der Waals surface area contributed by atoms with Crippen LogP contribution in [0, 0.1) is 5.92 Å². The van der Waals surface area contributed by atoms with E-state index in [1.165, 1.54) is 13.2 Å². The van der Waals surface area contributed by atoms with Crippen molar-refractivity contribution >= 4 is 23.3 Å². The fourth-order valence-electron chi connectivity index (χ4n) is 2.26. The van der Waals surface area contributed by atoms with E-state index in [9.17, 15) is 9.59 Å². The summed E-state index contributed by atoms with van der Waals surface area (Å²) in [5.74, 6) is 0.324. The van der Waals surface area contributed by atoms with Gasteiger partial charge in [0.05, 0.1) is 24.0 Å². The Morgan fingerprint density at radius 1 is 1.17 bits per heavy atom. The largest absolute Gasteiger partial charge is 0.465 e. The molecule has 1 fully saturated rings. The average Bonchev–Trinajstić information content (AvgIpc) is 3.42. The molecule has 1 aliphatic rings. The number of ether oxygens (including phenoxy) is 2.